The first-order valence-electron chi connectivity index (χ1n) is 6.93. The van der Waals surface area contributed by atoms with Crippen LogP contribution < -0.4 is 5.32 Å². The zero-order chi connectivity index (χ0) is 13.7. The van der Waals surface area contributed by atoms with Gasteiger partial charge in [0.05, 0.1) is 10.7 Å². The lowest BCUT2D eigenvalue weighted by Crippen LogP contribution is -2.39. The van der Waals surface area contributed by atoms with E-state index in [4.69, 9.17) is 11.6 Å². The van der Waals surface area contributed by atoms with Crippen molar-refractivity contribution >= 4 is 23.2 Å². The van der Waals surface area contributed by atoms with E-state index in [9.17, 15) is 4.79 Å². The molecule has 0 aromatic heterocycles. The minimum atomic E-state index is 0.242. The van der Waals surface area contributed by atoms with Gasteiger partial charge in [-0.1, -0.05) is 30.7 Å². The van der Waals surface area contributed by atoms with E-state index >= 15 is 0 Å². The van der Waals surface area contributed by atoms with Crippen LogP contribution in [0, 0.1) is 5.92 Å². The van der Waals surface area contributed by atoms with Crippen LogP contribution in [0.3, 0.4) is 0 Å². The highest BCUT2D eigenvalue weighted by Crippen LogP contribution is 2.20. The van der Waals surface area contributed by atoms with Crippen molar-refractivity contribution in [3.63, 3.8) is 0 Å². The number of hydrogen-bond acceptors (Lipinski definition) is 2. The molecule has 0 bridgehead atoms. The lowest BCUT2D eigenvalue weighted by Gasteiger charge is -2.31. The highest BCUT2D eigenvalue weighted by molar-refractivity contribution is 6.33. The van der Waals surface area contributed by atoms with E-state index in [1.807, 2.05) is 29.2 Å². The predicted octanol–water partition coefficient (Wildman–Crippen LogP) is 3.40. The first-order chi connectivity index (χ1) is 9.16. The predicted molar refractivity (Wildman–Crippen MR) is 79.5 cm³/mol. The van der Waals surface area contributed by atoms with E-state index in [0.29, 0.717) is 23.9 Å². The molecule has 0 saturated carbocycles. The molecule has 1 aromatic rings. The Labute approximate surface area is 119 Å². The van der Waals surface area contributed by atoms with Crippen molar-refractivity contribution in [1.29, 1.82) is 0 Å². The maximum Gasteiger partial charge on any atom is 0.224 e. The van der Waals surface area contributed by atoms with Crippen molar-refractivity contribution in [3.8, 4) is 0 Å². The molecule has 1 atom stereocenters. The van der Waals surface area contributed by atoms with Crippen LogP contribution >= 0.6 is 11.6 Å². The van der Waals surface area contributed by atoms with Crippen LogP contribution in [0.1, 0.15) is 26.2 Å². The number of rotatable bonds is 4. The minimum absolute atomic E-state index is 0.242. The van der Waals surface area contributed by atoms with Gasteiger partial charge in [0, 0.05) is 26.1 Å². The Morgan fingerprint density at radius 1 is 1.47 bits per heavy atom. The zero-order valence-electron chi connectivity index (χ0n) is 11.4. The van der Waals surface area contributed by atoms with Crippen molar-refractivity contribution < 1.29 is 4.79 Å². The summed E-state index contributed by atoms with van der Waals surface area (Å²) in [4.78, 5) is 14.1. The summed E-state index contributed by atoms with van der Waals surface area (Å²) in [5.41, 5.74) is 0.893. The first-order valence-corrected chi connectivity index (χ1v) is 7.31. The molecule has 1 aliphatic heterocycles. The topological polar surface area (TPSA) is 32.3 Å². The molecule has 1 aromatic carbocycles. The summed E-state index contributed by atoms with van der Waals surface area (Å²) in [5, 5.41) is 3.91. The molecule has 1 fully saturated rings. The Morgan fingerprint density at radius 3 is 3.00 bits per heavy atom. The lowest BCUT2D eigenvalue weighted by molar-refractivity contribution is -0.132. The van der Waals surface area contributed by atoms with Gasteiger partial charge in [-0.25, -0.2) is 0 Å². The second-order valence-electron chi connectivity index (χ2n) is 5.24. The quantitative estimate of drug-likeness (QED) is 0.917. The maximum absolute atomic E-state index is 12.1. The molecule has 1 saturated heterocycles. The molecule has 2 rings (SSSR count). The van der Waals surface area contributed by atoms with E-state index in [2.05, 4.69) is 12.2 Å². The Balaban J connectivity index is 1.76. The summed E-state index contributed by atoms with van der Waals surface area (Å²) in [6.07, 6.45) is 2.89. The van der Waals surface area contributed by atoms with Crippen LogP contribution in [-0.2, 0) is 4.79 Å². The van der Waals surface area contributed by atoms with E-state index in [0.717, 1.165) is 25.2 Å². The third-order valence-electron chi connectivity index (χ3n) is 3.54. The monoisotopic (exact) mass is 280 g/mol. The third-order valence-corrected chi connectivity index (χ3v) is 3.87. The SMILES string of the molecule is CC1CCCN(C(=O)CCNc2ccccc2Cl)C1. The number of benzene rings is 1. The number of nitrogens with zero attached hydrogens (tertiary/aromatic N) is 1. The number of piperidine rings is 1. The van der Waals surface area contributed by atoms with Crippen LogP contribution in [-0.4, -0.2) is 30.4 Å². The highest BCUT2D eigenvalue weighted by Gasteiger charge is 2.20. The summed E-state index contributed by atoms with van der Waals surface area (Å²) in [5.74, 6) is 0.875. The van der Waals surface area contributed by atoms with Crippen molar-refractivity contribution in [3.05, 3.63) is 29.3 Å². The largest absolute Gasteiger partial charge is 0.383 e. The molecule has 1 N–H and O–H groups in total. The molecular formula is C15H21ClN2O. The molecule has 1 aliphatic rings. The van der Waals surface area contributed by atoms with Gasteiger partial charge < -0.3 is 10.2 Å². The number of para-hydroxylation sites is 1. The van der Waals surface area contributed by atoms with Crippen molar-refractivity contribution in [2.24, 2.45) is 5.92 Å². The van der Waals surface area contributed by atoms with Crippen LogP contribution in [0.2, 0.25) is 5.02 Å². The second-order valence-corrected chi connectivity index (χ2v) is 5.65. The van der Waals surface area contributed by atoms with Crippen LogP contribution in [0.5, 0.6) is 0 Å². The van der Waals surface area contributed by atoms with Crippen LogP contribution in [0.25, 0.3) is 0 Å². The summed E-state index contributed by atoms with van der Waals surface area (Å²) in [7, 11) is 0. The average molecular weight is 281 g/mol. The van der Waals surface area contributed by atoms with Crippen LogP contribution in [0.4, 0.5) is 5.69 Å². The number of anilines is 1. The number of carbonyl (C=O) groups is 1. The van der Waals surface area contributed by atoms with Gasteiger partial charge in [-0.05, 0) is 30.9 Å². The Hall–Kier alpha value is -1.22. The van der Waals surface area contributed by atoms with Gasteiger partial charge in [0.15, 0.2) is 0 Å². The summed E-state index contributed by atoms with van der Waals surface area (Å²) in [6, 6.07) is 7.60. The summed E-state index contributed by atoms with van der Waals surface area (Å²) < 4.78 is 0. The van der Waals surface area contributed by atoms with Gasteiger partial charge >= 0.3 is 0 Å². The standard InChI is InChI=1S/C15H21ClN2O/c1-12-5-4-10-18(11-12)15(19)8-9-17-14-7-3-2-6-13(14)16/h2-3,6-7,12,17H,4-5,8-11H2,1H3. The number of halogens is 1. The smallest absolute Gasteiger partial charge is 0.224 e. The number of hydrogen-bond donors (Lipinski definition) is 1. The number of nitrogens with one attached hydrogen (secondary N) is 1. The van der Waals surface area contributed by atoms with Crippen molar-refractivity contribution in [2.45, 2.75) is 26.2 Å². The Kier molecular flexibility index (Phi) is 5.08. The van der Waals surface area contributed by atoms with Crippen LogP contribution in [0.15, 0.2) is 24.3 Å². The minimum Gasteiger partial charge on any atom is -0.383 e. The van der Waals surface area contributed by atoms with Gasteiger partial charge in [-0.2, -0.15) is 0 Å². The number of amides is 1. The van der Waals surface area contributed by atoms with E-state index in [1.54, 1.807) is 0 Å². The fourth-order valence-corrected chi connectivity index (χ4v) is 2.69. The molecule has 0 spiro atoms. The lowest BCUT2D eigenvalue weighted by atomic mass is 10.00. The Morgan fingerprint density at radius 2 is 2.26 bits per heavy atom. The molecule has 3 nitrogen and oxygen atoms in total. The fraction of sp³-hybridized carbons (Fsp3) is 0.533. The average Bonchev–Trinajstić information content (AvgIpc) is 2.41. The maximum atomic E-state index is 12.1. The summed E-state index contributed by atoms with van der Waals surface area (Å²) in [6.45, 7) is 4.66. The zero-order valence-corrected chi connectivity index (χ0v) is 12.1. The van der Waals surface area contributed by atoms with E-state index < -0.39 is 0 Å². The number of carbonyl (C=O) groups excluding carboxylic acids is 1. The van der Waals surface area contributed by atoms with E-state index in [-0.39, 0.29) is 5.91 Å². The second kappa shape index (κ2) is 6.80. The van der Waals surface area contributed by atoms with E-state index in [1.165, 1.54) is 6.42 Å². The van der Waals surface area contributed by atoms with Crippen molar-refractivity contribution in [1.82, 2.24) is 4.90 Å². The summed E-state index contributed by atoms with van der Waals surface area (Å²) >= 11 is 6.05. The molecule has 0 radical (unpaired) electrons. The normalized spacial score (nSPS) is 19.3. The Bertz CT molecular complexity index is 436. The molecular weight excluding hydrogens is 260 g/mol. The number of likely N-dealkylation sites (tertiary alicyclic amines) is 1. The van der Waals surface area contributed by atoms with Gasteiger partial charge in [0.1, 0.15) is 0 Å². The fourth-order valence-electron chi connectivity index (χ4n) is 2.48. The highest BCUT2D eigenvalue weighted by atomic mass is 35.5. The van der Waals surface area contributed by atoms with Gasteiger partial charge in [-0.3, -0.25) is 4.79 Å². The van der Waals surface area contributed by atoms with Gasteiger partial charge in [-0.15, -0.1) is 0 Å². The first kappa shape index (κ1) is 14.2. The molecule has 1 heterocycles. The molecule has 19 heavy (non-hydrogen) atoms. The molecule has 1 amide bonds. The van der Waals surface area contributed by atoms with Gasteiger partial charge in [0.25, 0.3) is 0 Å². The van der Waals surface area contributed by atoms with Gasteiger partial charge in [0.2, 0.25) is 5.91 Å². The third kappa shape index (κ3) is 4.13. The molecule has 0 aliphatic carbocycles. The van der Waals surface area contributed by atoms with Crippen molar-refractivity contribution in [2.75, 3.05) is 25.0 Å². The molecule has 104 valence electrons. The molecule has 1 unspecified atom stereocenters. The molecule has 4 heteroatoms.